The van der Waals surface area contributed by atoms with Gasteiger partial charge in [0.2, 0.25) is 5.91 Å². The summed E-state index contributed by atoms with van der Waals surface area (Å²) >= 11 is 1.49. The van der Waals surface area contributed by atoms with Gasteiger partial charge in [0, 0.05) is 23.7 Å². The Labute approximate surface area is 148 Å². The lowest BCUT2D eigenvalue weighted by molar-refractivity contribution is -0.111. The van der Waals surface area contributed by atoms with E-state index < -0.39 is 0 Å². The average molecular weight is 354 g/mol. The minimum absolute atomic E-state index is 0.252. The van der Waals surface area contributed by atoms with E-state index in [-0.39, 0.29) is 11.7 Å². The largest absolute Gasteiger partial charge is 0.323 e. The number of anilines is 1. The van der Waals surface area contributed by atoms with Crippen molar-refractivity contribution in [2.45, 2.75) is 10.1 Å². The third-order valence-corrected chi connectivity index (χ3v) is 4.36. The minimum Gasteiger partial charge on any atom is -0.323 e. The van der Waals surface area contributed by atoms with Crippen LogP contribution in [0.3, 0.4) is 0 Å². The van der Waals surface area contributed by atoms with Gasteiger partial charge in [0.05, 0.1) is 0 Å². The second-order valence-electron chi connectivity index (χ2n) is 5.22. The Morgan fingerprint density at radius 2 is 1.88 bits per heavy atom. The van der Waals surface area contributed by atoms with Crippen molar-refractivity contribution in [1.82, 2.24) is 14.8 Å². The normalized spacial score (nSPS) is 11.0. The standard InChI is InChI=1S/C18H15FN4OS/c1-23-12-20-22-18(23)25-16-9-7-15(8-10-16)21-17(24)11-4-13-2-5-14(19)6-3-13/h2-12H,1H3,(H,21,24)/b11-4+. The van der Waals surface area contributed by atoms with E-state index in [4.69, 9.17) is 0 Å². The molecule has 0 unspecified atom stereocenters. The molecule has 1 N–H and O–H groups in total. The van der Waals surface area contributed by atoms with Gasteiger partial charge in [-0.3, -0.25) is 4.79 Å². The Hall–Kier alpha value is -2.93. The maximum atomic E-state index is 12.8. The van der Waals surface area contributed by atoms with Gasteiger partial charge in [-0.1, -0.05) is 12.1 Å². The zero-order valence-corrected chi connectivity index (χ0v) is 14.2. The molecule has 0 aliphatic rings. The third-order valence-electron chi connectivity index (χ3n) is 3.30. The maximum absolute atomic E-state index is 12.8. The zero-order valence-electron chi connectivity index (χ0n) is 13.4. The van der Waals surface area contributed by atoms with Crippen molar-refractivity contribution in [2.75, 3.05) is 5.32 Å². The number of hydrogen-bond donors (Lipinski definition) is 1. The summed E-state index contributed by atoms with van der Waals surface area (Å²) in [5.41, 5.74) is 1.45. The van der Waals surface area contributed by atoms with Gasteiger partial charge in [-0.25, -0.2) is 4.39 Å². The summed E-state index contributed by atoms with van der Waals surface area (Å²) in [6.45, 7) is 0. The predicted molar refractivity (Wildman–Crippen MR) is 95.6 cm³/mol. The van der Waals surface area contributed by atoms with Crippen molar-refractivity contribution in [2.24, 2.45) is 7.05 Å². The average Bonchev–Trinajstić information content (AvgIpc) is 3.01. The number of carbonyl (C=O) groups is 1. The van der Waals surface area contributed by atoms with Crippen LogP contribution in [-0.4, -0.2) is 20.7 Å². The molecular weight excluding hydrogens is 339 g/mol. The Morgan fingerprint density at radius 1 is 1.16 bits per heavy atom. The molecule has 3 rings (SSSR count). The quantitative estimate of drug-likeness (QED) is 0.709. The van der Waals surface area contributed by atoms with E-state index in [1.807, 2.05) is 35.9 Å². The summed E-state index contributed by atoms with van der Waals surface area (Å²) in [6, 6.07) is 13.4. The van der Waals surface area contributed by atoms with Crippen LogP contribution in [0.2, 0.25) is 0 Å². The van der Waals surface area contributed by atoms with Crippen molar-refractivity contribution in [3.05, 3.63) is 72.3 Å². The van der Waals surface area contributed by atoms with Crippen LogP contribution in [0.15, 0.2) is 71.0 Å². The number of rotatable bonds is 5. The summed E-state index contributed by atoms with van der Waals surface area (Å²) in [5.74, 6) is -0.557. The summed E-state index contributed by atoms with van der Waals surface area (Å²) in [4.78, 5) is 12.9. The van der Waals surface area contributed by atoms with E-state index in [0.29, 0.717) is 5.69 Å². The van der Waals surface area contributed by atoms with Gasteiger partial charge in [-0.2, -0.15) is 0 Å². The molecule has 3 aromatic rings. The van der Waals surface area contributed by atoms with Crippen LogP contribution in [-0.2, 0) is 11.8 Å². The molecule has 0 spiro atoms. The maximum Gasteiger partial charge on any atom is 0.248 e. The first-order valence-corrected chi connectivity index (χ1v) is 8.28. The van der Waals surface area contributed by atoms with Gasteiger partial charge in [0.1, 0.15) is 12.1 Å². The topological polar surface area (TPSA) is 59.8 Å². The second-order valence-corrected chi connectivity index (χ2v) is 6.27. The molecule has 0 aliphatic heterocycles. The lowest BCUT2D eigenvalue weighted by Gasteiger charge is -2.04. The Kier molecular flexibility index (Phi) is 5.25. The molecule has 1 aromatic heterocycles. The van der Waals surface area contributed by atoms with Crippen molar-refractivity contribution < 1.29 is 9.18 Å². The van der Waals surface area contributed by atoms with Gasteiger partial charge in [0.25, 0.3) is 0 Å². The molecule has 7 heteroatoms. The number of carbonyl (C=O) groups excluding carboxylic acids is 1. The Balaban J connectivity index is 1.58. The highest BCUT2D eigenvalue weighted by Gasteiger charge is 2.04. The number of hydrogen-bond acceptors (Lipinski definition) is 4. The molecule has 25 heavy (non-hydrogen) atoms. The van der Waals surface area contributed by atoms with E-state index in [0.717, 1.165) is 15.6 Å². The SMILES string of the molecule is Cn1cnnc1Sc1ccc(NC(=O)/C=C/c2ccc(F)cc2)cc1. The number of halogens is 1. The first kappa shape index (κ1) is 16.9. The molecule has 0 atom stereocenters. The van der Waals surface area contributed by atoms with Crippen LogP contribution >= 0.6 is 11.8 Å². The second kappa shape index (κ2) is 7.76. The van der Waals surface area contributed by atoms with Crippen molar-refractivity contribution in [1.29, 1.82) is 0 Å². The van der Waals surface area contributed by atoms with Crippen LogP contribution < -0.4 is 5.32 Å². The van der Waals surface area contributed by atoms with E-state index in [2.05, 4.69) is 15.5 Å². The fraction of sp³-hybridized carbons (Fsp3) is 0.0556. The van der Waals surface area contributed by atoms with E-state index in [1.165, 1.54) is 30.0 Å². The van der Waals surface area contributed by atoms with Crippen LogP contribution in [0, 0.1) is 5.82 Å². The van der Waals surface area contributed by atoms with Crippen LogP contribution in [0.5, 0.6) is 0 Å². The number of nitrogens with one attached hydrogen (secondary N) is 1. The number of nitrogens with zero attached hydrogens (tertiary/aromatic N) is 3. The lowest BCUT2D eigenvalue weighted by atomic mass is 10.2. The highest BCUT2D eigenvalue weighted by Crippen LogP contribution is 2.26. The summed E-state index contributed by atoms with van der Waals surface area (Å²) in [6.07, 6.45) is 4.69. The highest BCUT2D eigenvalue weighted by molar-refractivity contribution is 7.99. The van der Waals surface area contributed by atoms with E-state index >= 15 is 0 Å². The van der Waals surface area contributed by atoms with E-state index in [9.17, 15) is 9.18 Å². The smallest absolute Gasteiger partial charge is 0.248 e. The van der Waals surface area contributed by atoms with Gasteiger partial charge in [0.15, 0.2) is 5.16 Å². The summed E-state index contributed by atoms with van der Waals surface area (Å²) in [7, 11) is 1.88. The zero-order chi connectivity index (χ0) is 17.6. The third kappa shape index (κ3) is 4.77. The van der Waals surface area contributed by atoms with Gasteiger partial charge in [-0.05, 0) is 59.8 Å². The van der Waals surface area contributed by atoms with Crippen molar-refractivity contribution in [3.63, 3.8) is 0 Å². The van der Waals surface area contributed by atoms with Gasteiger partial charge in [-0.15, -0.1) is 10.2 Å². The van der Waals surface area contributed by atoms with Crippen molar-refractivity contribution in [3.8, 4) is 0 Å². The summed E-state index contributed by atoms with van der Waals surface area (Å²) < 4.78 is 14.7. The van der Waals surface area contributed by atoms with Crippen LogP contribution in [0.1, 0.15) is 5.56 Å². The number of benzene rings is 2. The fourth-order valence-electron chi connectivity index (χ4n) is 2.01. The molecule has 0 saturated carbocycles. The number of aryl methyl sites for hydroxylation is 1. The van der Waals surface area contributed by atoms with Crippen LogP contribution in [0.25, 0.3) is 6.08 Å². The first-order valence-electron chi connectivity index (χ1n) is 7.47. The summed E-state index contributed by atoms with van der Waals surface area (Å²) in [5, 5.41) is 11.4. The highest BCUT2D eigenvalue weighted by atomic mass is 32.2. The molecule has 5 nitrogen and oxygen atoms in total. The lowest BCUT2D eigenvalue weighted by Crippen LogP contribution is -2.07. The fourth-order valence-corrected chi connectivity index (χ4v) is 2.77. The minimum atomic E-state index is -0.305. The molecule has 0 fully saturated rings. The molecule has 0 aliphatic carbocycles. The molecule has 1 amide bonds. The molecule has 0 saturated heterocycles. The van der Waals surface area contributed by atoms with Gasteiger partial charge >= 0.3 is 0 Å². The molecule has 126 valence electrons. The van der Waals surface area contributed by atoms with E-state index in [1.54, 1.807) is 24.5 Å². The Morgan fingerprint density at radius 3 is 2.52 bits per heavy atom. The first-order chi connectivity index (χ1) is 12.1. The molecule has 2 aromatic carbocycles. The number of aromatic nitrogens is 3. The molecule has 0 radical (unpaired) electrons. The monoisotopic (exact) mass is 354 g/mol. The van der Waals surface area contributed by atoms with Crippen molar-refractivity contribution >= 4 is 29.4 Å². The van der Waals surface area contributed by atoms with Gasteiger partial charge < -0.3 is 9.88 Å². The number of amides is 1. The molecular formula is C18H15FN4OS. The van der Waals surface area contributed by atoms with Crippen LogP contribution in [0.4, 0.5) is 10.1 Å². The molecule has 0 bridgehead atoms. The Bertz CT molecular complexity index is 888. The predicted octanol–water partition coefficient (Wildman–Crippen LogP) is 3.76. The molecule has 1 heterocycles.